The third-order valence-electron chi connectivity index (χ3n) is 3.32. The molecule has 1 aromatic heterocycles. The van der Waals surface area contributed by atoms with Crippen molar-refractivity contribution in [2.75, 3.05) is 13.7 Å². The first-order valence-corrected chi connectivity index (χ1v) is 6.72. The largest absolute Gasteiger partial charge is 0.497 e. The fourth-order valence-corrected chi connectivity index (χ4v) is 2.24. The molecule has 0 bridgehead atoms. The summed E-state index contributed by atoms with van der Waals surface area (Å²) in [4.78, 5) is 8.73. The van der Waals surface area contributed by atoms with E-state index in [2.05, 4.69) is 15.3 Å². The summed E-state index contributed by atoms with van der Waals surface area (Å²) in [5.41, 5.74) is 0. The molecule has 1 aromatic carbocycles. The minimum absolute atomic E-state index is 0.282. The topological polar surface area (TPSA) is 56.3 Å². The maximum absolute atomic E-state index is 5.69. The Labute approximate surface area is 118 Å². The lowest BCUT2D eigenvalue weighted by molar-refractivity contribution is 0.412. The van der Waals surface area contributed by atoms with Crippen molar-refractivity contribution in [2.24, 2.45) is 0 Å². The fourth-order valence-electron chi connectivity index (χ4n) is 2.24. The summed E-state index contributed by atoms with van der Waals surface area (Å²) in [6.45, 7) is 1.04. The van der Waals surface area contributed by atoms with E-state index in [-0.39, 0.29) is 6.04 Å². The van der Waals surface area contributed by atoms with Crippen LogP contribution >= 0.6 is 0 Å². The molecule has 1 aliphatic rings. The quantitative estimate of drug-likeness (QED) is 0.926. The van der Waals surface area contributed by atoms with Gasteiger partial charge in [0.15, 0.2) is 5.75 Å². The Morgan fingerprint density at radius 2 is 1.75 bits per heavy atom. The predicted octanol–water partition coefficient (Wildman–Crippen LogP) is 2.70. The first-order valence-electron chi connectivity index (χ1n) is 6.72. The number of ether oxygens (including phenoxy) is 2. The average Bonchev–Trinajstić information content (AvgIpc) is 3.03. The van der Waals surface area contributed by atoms with Crippen LogP contribution in [0.2, 0.25) is 0 Å². The van der Waals surface area contributed by atoms with Crippen LogP contribution in [0.4, 0.5) is 0 Å². The van der Waals surface area contributed by atoms with Gasteiger partial charge >= 0.3 is 0 Å². The van der Waals surface area contributed by atoms with Crippen LogP contribution in [-0.4, -0.2) is 23.6 Å². The van der Waals surface area contributed by atoms with Gasteiger partial charge in [0.1, 0.15) is 17.3 Å². The van der Waals surface area contributed by atoms with Crippen molar-refractivity contribution in [3.8, 4) is 17.2 Å². The van der Waals surface area contributed by atoms with Gasteiger partial charge < -0.3 is 14.8 Å². The molecule has 1 atom stereocenters. The van der Waals surface area contributed by atoms with Gasteiger partial charge in [-0.15, -0.1) is 0 Å². The summed E-state index contributed by atoms with van der Waals surface area (Å²) >= 11 is 0. The first-order chi connectivity index (χ1) is 9.85. The highest BCUT2D eigenvalue weighted by Gasteiger charge is 2.18. The zero-order valence-corrected chi connectivity index (χ0v) is 11.4. The van der Waals surface area contributed by atoms with Crippen molar-refractivity contribution in [1.82, 2.24) is 15.3 Å². The number of nitrogens with one attached hydrogen (secondary N) is 1. The van der Waals surface area contributed by atoms with Gasteiger partial charge in [-0.1, -0.05) is 0 Å². The molecule has 0 spiro atoms. The second kappa shape index (κ2) is 5.88. The van der Waals surface area contributed by atoms with Crippen LogP contribution < -0.4 is 14.8 Å². The predicted molar refractivity (Wildman–Crippen MR) is 75.1 cm³/mol. The van der Waals surface area contributed by atoms with Gasteiger partial charge in [0.2, 0.25) is 0 Å². The third-order valence-corrected chi connectivity index (χ3v) is 3.32. The van der Waals surface area contributed by atoms with Crippen molar-refractivity contribution in [3.63, 3.8) is 0 Å². The highest BCUT2D eigenvalue weighted by Crippen LogP contribution is 2.24. The Morgan fingerprint density at radius 3 is 2.35 bits per heavy atom. The number of rotatable bonds is 4. The van der Waals surface area contributed by atoms with E-state index in [1.807, 2.05) is 24.3 Å². The average molecular weight is 271 g/mol. The maximum Gasteiger partial charge on any atom is 0.164 e. The van der Waals surface area contributed by atoms with Gasteiger partial charge in [0.25, 0.3) is 0 Å². The van der Waals surface area contributed by atoms with E-state index in [1.54, 1.807) is 19.5 Å². The van der Waals surface area contributed by atoms with E-state index in [0.29, 0.717) is 5.75 Å². The van der Waals surface area contributed by atoms with Crippen molar-refractivity contribution >= 4 is 0 Å². The molecule has 2 heterocycles. The summed E-state index contributed by atoms with van der Waals surface area (Å²) in [5.74, 6) is 3.01. The molecular formula is C15H17N3O2. The number of methoxy groups -OCH3 is 1. The molecule has 1 aliphatic heterocycles. The fraction of sp³-hybridized carbons (Fsp3) is 0.333. The molecule has 5 nitrogen and oxygen atoms in total. The van der Waals surface area contributed by atoms with Gasteiger partial charge in [-0.05, 0) is 43.7 Å². The van der Waals surface area contributed by atoms with Crippen LogP contribution in [0.1, 0.15) is 24.7 Å². The van der Waals surface area contributed by atoms with E-state index in [4.69, 9.17) is 9.47 Å². The lowest BCUT2D eigenvalue weighted by atomic mass is 10.2. The molecular weight excluding hydrogens is 254 g/mol. The molecule has 20 heavy (non-hydrogen) atoms. The molecule has 3 rings (SSSR count). The zero-order valence-electron chi connectivity index (χ0n) is 11.4. The van der Waals surface area contributed by atoms with Gasteiger partial charge in [-0.2, -0.15) is 0 Å². The lowest BCUT2D eigenvalue weighted by Crippen LogP contribution is -2.15. The Balaban J connectivity index is 1.67. The lowest BCUT2D eigenvalue weighted by Gasteiger charge is -2.09. The zero-order chi connectivity index (χ0) is 13.8. The monoisotopic (exact) mass is 271 g/mol. The van der Waals surface area contributed by atoms with Crippen LogP contribution in [0.3, 0.4) is 0 Å². The molecule has 2 aromatic rings. The van der Waals surface area contributed by atoms with Crippen molar-refractivity contribution in [3.05, 3.63) is 42.5 Å². The smallest absolute Gasteiger partial charge is 0.164 e. The number of aromatic nitrogens is 2. The number of hydrogen-bond acceptors (Lipinski definition) is 5. The SMILES string of the molecule is COc1ccc(Oc2cnc(C3CCCN3)nc2)cc1. The van der Waals surface area contributed by atoms with Gasteiger partial charge in [-0.25, -0.2) is 9.97 Å². The minimum Gasteiger partial charge on any atom is -0.497 e. The summed E-state index contributed by atoms with van der Waals surface area (Å²) < 4.78 is 10.8. The number of benzene rings is 1. The second-order valence-electron chi connectivity index (χ2n) is 4.70. The molecule has 1 unspecified atom stereocenters. The van der Waals surface area contributed by atoms with Gasteiger partial charge in [0.05, 0.1) is 25.5 Å². The highest BCUT2D eigenvalue weighted by atomic mass is 16.5. The van der Waals surface area contributed by atoms with E-state index in [9.17, 15) is 0 Å². The van der Waals surface area contributed by atoms with Gasteiger partial charge in [-0.3, -0.25) is 0 Å². The molecule has 0 saturated carbocycles. The number of hydrogen-bond donors (Lipinski definition) is 1. The van der Waals surface area contributed by atoms with E-state index < -0.39 is 0 Å². The molecule has 104 valence electrons. The van der Waals surface area contributed by atoms with Gasteiger partial charge in [0, 0.05) is 0 Å². The van der Waals surface area contributed by atoms with Crippen LogP contribution in [0.25, 0.3) is 0 Å². The normalized spacial score (nSPS) is 17.9. The van der Waals surface area contributed by atoms with Crippen molar-refractivity contribution in [2.45, 2.75) is 18.9 Å². The van der Waals surface area contributed by atoms with Crippen LogP contribution in [-0.2, 0) is 0 Å². The summed E-state index contributed by atoms with van der Waals surface area (Å²) in [6.07, 6.45) is 5.70. The molecule has 0 amide bonds. The van der Waals surface area contributed by atoms with Crippen molar-refractivity contribution in [1.29, 1.82) is 0 Å². The molecule has 1 saturated heterocycles. The second-order valence-corrected chi connectivity index (χ2v) is 4.70. The standard InChI is InChI=1S/C15H17N3O2/c1-19-11-4-6-12(7-5-11)20-13-9-17-15(18-10-13)14-3-2-8-16-14/h4-7,9-10,14,16H,2-3,8H2,1H3. The Hall–Kier alpha value is -2.14. The number of nitrogens with zero attached hydrogens (tertiary/aromatic N) is 2. The van der Waals surface area contributed by atoms with E-state index >= 15 is 0 Å². The highest BCUT2D eigenvalue weighted by molar-refractivity contribution is 5.34. The van der Waals surface area contributed by atoms with Crippen LogP contribution in [0.15, 0.2) is 36.7 Å². The molecule has 5 heteroatoms. The Kier molecular flexibility index (Phi) is 3.78. The minimum atomic E-state index is 0.282. The summed E-state index contributed by atoms with van der Waals surface area (Å²) in [7, 11) is 1.64. The van der Waals surface area contributed by atoms with E-state index in [1.165, 1.54) is 6.42 Å². The third kappa shape index (κ3) is 2.88. The summed E-state index contributed by atoms with van der Waals surface area (Å²) in [6, 6.07) is 7.70. The van der Waals surface area contributed by atoms with Crippen LogP contribution in [0.5, 0.6) is 17.2 Å². The molecule has 1 fully saturated rings. The maximum atomic E-state index is 5.69. The molecule has 0 radical (unpaired) electrons. The summed E-state index contributed by atoms with van der Waals surface area (Å²) in [5, 5.41) is 3.37. The Bertz CT molecular complexity index is 548. The first kappa shape index (κ1) is 12.9. The van der Waals surface area contributed by atoms with Crippen molar-refractivity contribution < 1.29 is 9.47 Å². The Morgan fingerprint density at radius 1 is 1.05 bits per heavy atom. The van der Waals surface area contributed by atoms with E-state index in [0.717, 1.165) is 30.3 Å². The van der Waals surface area contributed by atoms with Crippen LogP contribution in [0, 0.1) is 0 Å². The molecule has 1 N–H and O–H groups in total. The molecule has 0 aliphatic carbocycles.